The fourth-order valence-corrected chi connectivity index (χ4v) is 2.63. The summed E-state index contributed by atoms with van der Waals surface area (Å²) < 4.78 is 20.1. The maximum absolute atomic E-state index is 13.7. The topological polar surface area (TPSA) is 83.0 Å². The van der Waals surface area contributed by atoms with Crippen LogP contribution in [0, 0.1) is 5.82 Å². The van der Waals surface area contributed by atoms with Gasteiger partial charge in [-0.05, 0) is 25.1 Å². The number of methoxy groups -OCH3 is 1. The zero-order valence-electron chi connectivity index (χ0n) is 13.9. The number of nitrogen functional groups attached to an aromatic ring is 1. The molecular weight excluding hydrogens is 323 g/mol. The van der Waals surface area contributed by atoms with Crippen molar-refractivity contribution in [2.24, 2.45) is 0 Å². The van der Waals surface area contributed by atoms with E-state index >= 15 is 0 Å². The molecule has 128 valence electrons. The van der Waals surface area contributed by atoms with Gasteiger partial charge in [-0.25, -0.2) is 14.4 Å². The van der Waals surface area contributed by atoms with Gasteiger partial charge in [0.15, 0.2) is 0 Å². The summed E-state index contributed by atoms with van der Waals surface area (Å²) in [6, 6.07) is 9.25. The monoisotopic (exact) mass is 340 g/mol. The third-order valence-electron chi connectivity index (χ3n) is 3.85. The number of nitrogens with zero attached hydrogens (tertiary/aromatic N) is 3. The smallest absolute Gasteiger partial charge is 0.263 e. The fraction of sp³-hybridized carbons (Fsp3) is 0.167. The normalized spacial score (nSPS) is 10.7. The van der Waals surface area contributed by atoms with Gasteiger partial charge in [0, 0.05) is 29.9 Å². The van der Waals surface area contributed by atoms with E-state index in [0.717, 1.165) is 0 Å². The van der Waals surface area contributed by atoms with Crippen molar-refractivity contribution >= 4 is 5.95 Å². The van der Waals surface area contributed by atoms with Crippen LogP contribution in [-0.2, 0) is 6.54 Å². The first-order valence-corrected chi connectivity index (χ1v) is 7.71. The van der Waals surface area contributed by atoms with Gasteiger partial charge in [0.1, 0.15) is 5.82 Å². The number of rotatable bonds is 4. The van der Waals surface area contributed by atoms with Crippen LogP contribution in [0.4, 0.5) is 10.3 Å². The number of hydrogen-bond donors (Lipinski definition) is 1. The summed E-state index contributed by atoms with van der Waals surface area (Å²) >= 11 is 0. The molecule has 0 unspecified atom stereocenters. The van der Waals surface area contributed by atoms with E-state index in [2.05, 4.69) is 9.97 Å². The number of anilines is 1. The maximum atomic E-state index is 13.7. The summed E-state index contributed by atoms with van der Waals surface area (Å²) in [5, 5.41) is 0. The Labute approximate surface area is 143 Å². The maximum Gasteiger partial charge on any atom is 0.263 e. The molecule has 0 saturated heterocycles. The summed E-state index contributed by atoms with van der Waals surface area (Å²) in [6.07, 6.45) is 1.52. The molecule has 2 aromatic heterocycles. The van der Waals surface area contributed by atoms with Gasteiger partial charge in [-0.3, -0.25) is 9.36 Å². The number of aromatic nitrogens is 3. The van der Waals surface area contributed by atoms with Crippen molar-refractivity contribution in [2.75, 3.05) is 12.8 Å². The molecule has 0 atom stereocenters. The molecule has 3 aromatic rings. The average molecular weight is 340 g/mol. The zero-order valence-corrected chi connectivity index (χ0v) is 13.9. The molecule has 7 heteroatoms. The molecule has 0 bridgehead atoms. The van der Waals surface area contributed by atoms with Crippen LogP contribution in [-0.4, -0.2) is 21.6 Å². The van der Waals surface area contributed by atoms with Gasteiger partial charge < -0.3 is 10.5 Å². The Hall–Kier alpha value is -3.22. The van der Waals surface area contributed by atoms with Gasteiger partial charge in [0.2, 0.25) is 11.8 Å². The van der Waals surface area contributed by atoms with Crippen LogP contribution in [0.3, 0.4) is 0 Å². The van der Waals surface area contributed by atoms with Crippen molar-refractivity contribution < 1.29 is 9.13 Å². The van der Waals surface area contributed by atoms with Crippen LogP contribution in [0.5, 0.6) is 5.88 Å². The largest absolute Gasteiger partial charge is 0.481 e. The molecule has 1 aromatic carbocycles. The standard InChI is InChI=1S/C18H17FN4O2/c1-3-23-17(24)15(12-7-8-14(25-2)21-10-12)16(22-18(23)20)11-5-4-6-13(19)9-11/h4-10H,3H2,1-2H3,(H2,20,22). The van der Waals surface area contributed by atoms with E-state index in [1.54, 1.807) is 31.2 Å². The first kappa shape index (κ1) is 16.6. The number of hydrogen-bond acceptors (Lipinski definition) is 5. The fourth-order valence-electron chi connectivity index (χ4n) is 2.63. The third-order valence-corrected chi connectivity index (χ3v) is 3.85. The molecule has 0 saturated carbocycles. The van der Waals surface area contributed by atoms with Crippen LogP contribution in [0.15, 0.2) is 47.4 Å². The van der Waals surface area contributed by atoms with Gasteiger partial charge in [-0.2, -0.15) is 0 Å². The summed E-state index contributed by atoms with van der Waals surface area (Å²) in [4.78, 5) is 21.4. The lowest BCUT2D eigenvalue weighted by Crippen LogP contribution is -2.26. The lowest BCUT2D eigenvalue weighted by atomic mass is 10.0. The summed E-state index contributed by atoms with van der Waals surface area (Å²) in [5.41, 5.74) is 7.28. The van der Waals surface area contributed by atoms with E-state index in [4.69, 9.17) is 10.5 Å². The Balaban J connectivity index is 2.32. The van der Waals surface area contributed by atoms with Crippen molar-refractivity contribution in [1.82, 2.24) is 14.5 Å². The molecule has 0 spiro atoms. The second-order valence-corrected chi connectivity index (χ2v) is 5.34. The van der Waals surface area contributed by atoms with Crippen molar-refractivity contribution in [3.63, 3.8) is 0 Å². The van der Waals surface area contributed by atoms with Crippen molar-refractivity contribution in [3.05, 3.63) is 58.8 Å². The highest BCUT2D eigenvalue weighted by Gasteiger charge is 2.18. The molecule has 2 heterocycles. The van der Waals surface area contributed by atoms with Crippen molar-refractivity contribution in [2.45, 2.75) is 13.5 Å². The molecule has 0 fully saturated rings. The second-order valence-electron chi connectivity index (χ2n) is 5.34. The predicted octanol–water partition coefficient (Wildman–Crippen LogP) is 2.72. The molecule has 0 amide bonds. The molecule has 0 aliphatic heterocycles. The number of halogens is 1. The predicted molar refractivity (Wildman–Crippen MR) is 93.8 cm³/mol. The van der Waals surface area contributed by atoms with Crippen LogP contribution in [0.2, 0.25) is 0 Å². The van der Waals surface area contributed by atoms with E-state index in [1.807, 2.05) is 0 Å². The summed E-state index contributed by atoms with van der Waals surface area (Å²) in [6.45, 7) is 2.18. The highest BCUT2D eigenvalue weighted by molar-refractivity contribution is 5.80. The Morgan fingerprint density at radius 3 is 2.64 bits per heavy atom. The van der Waals surface area contributed by atoms with Crippen molar-refractivity contribution in [1.29, 1.82) is 0 Å². The minimum atomic E-state index is -0.420. The molecule has 6 nitrogen and oxygen atoms in total. The Kier molecular flexibility index (Phi) is 4.47. The lowest BCUT2D eigenvalue weighted by molar-refractivity contribution is 0.398. The first-order valence-electron chi connectivity index (χ1n) is 7.71. The van der Waals surface area contributed by atoms with Crippen LogP contribution < -0.4 is 16.0 Å². The second kappa shape index (κ2) is 6.72. The Morgan fingerprint density at radius 1 is 1.24 bits per heavy atom. The van der Waals surface area contributed by atoms with E-state index in [9.17, 15) is 9.18 Å². The van der Waals surface area contributed by atoms with Gasteiger partial charge in [0.25, 0.3) is 5.56 Å². The van der Waals surface area contributed by atoms with E-state index in [-0.39, 0.29) is 11.5 Å². The van der Waals surface area contributed by atoms with Gasteiger partial charge in [0.05, 0.1) is 18.4 Å². The third kappa shape index (κ3) is 3.08. The minimum absolute atomic E-state index is 0.0805. The van der Waals surface area contributed by atoms with Crippen LogP contribution in [0.25, 0.3) is 22.4 Å². The SMILES string of the molecule is CCn1c(N)nc(-c2cccc(F)c2)c(-c2ccc(OC)nc2)c1=O. The van der Waals surface area contributed by atoms with Gasteiger partial charge >= 0.3 is 0 Å². The number of nitrogens with two attached hydrogens (primary N) is 1. The molecule has 3 rings (SSSR count). The highest BCUT2D eigenvalue weighted by atomic mass is 19.1. The quantitative estimate of drug-likeness (QED) is 0.789. The molecular formula is C18H17FN4O2. The Morgan fingerprint density at radius 2 is 2.04 bits per heavy atom. The minimum Gasteiger partial charge on any atom is -0.481 e. The number of pyridine rings is 1. The Bertz CT molecular complexity index is 968. The van der Waals surface area contributed by atoms with Crippen LogP contribution in [0.1, 0.15) is 6.92 Å². The molecule has 2 N–H and O–H groups in total. The summed E-state index contributed by atoms with van der Waals surface area (Å²) in [5.74, 6) is 0.0867. The van der Waals surface area contributed by atoms with Gasteiger partial charge in [-0.15, -0.1) is 0 Å². The zero-order chi connectivity index (χ0) is 18.0. The summed E-state index contributed by atoms with van der Waals surface area (Å²) in [7, 11) is 1.51. The van der Waals surface area contributed by atoms with E-state index in [1.165, 1.54) is 30.0 Å². The molecule has 0 aliphatic rings. The molecule has 25 heavy (non-hydrogen) atoms. The average Bonchev–Trinajstić information content (AvgIpc) is 2.62. The lowest BCUT2D eigenvalue weighted by Gasteiger charge is -2.14. The highest BCUT2D eigenvalue weighted by Crippen LogP contribution is 2.29. The van der Waals surface area contributed by atoms with E-state index in [0.29, 0.717) is 34.8 Å². The van der Waals surface area contributed by atoms with Crippen molar-refractivity contribution in [3.8, 4) is 28.3 Å². The number of benzene rings is 1. The first-order chi connectivity index (χ1) is 12.0. The molecule has 0 radical (unpaired) electrons. The molecule has 0 aliphatic carbocycles. The van der Waals surface area contributed by atoms with Crippen LogP contribution >= 0.6 is 0 Å². The van der Waals surface area contributed by atoms with E-state index < -0.39 is 5.82 Å². The number of ether oxygens (including phenoxy) is 1. The van der Waals surface area contributed by atoms with Gasteiger partial charge in [-0.1, -0.05) is 12.1 Å².